The number of aromatic nitrogens is 2. The minimum atomic E-state index is -4.57. The molecule has 1 aromatic heterocycles. The third kappa shape index (κ3) is 5.21. The largest absolute Gasteiger partial charge is 0.481 e. The van der Waals surface area contributed by atoms with Crippen molar-refractivity contribution in [3.8, 4) is 17.1 Å². The Morgan fingerprint density at radius 2 is 1.80 bits per heavy atom. The second kappa shape index (κ2) is 9.80. The molecule has 0 radical (unpaired) electrons. The molecule has 1 heterocycles. The minimum absolute atomic E-state index is 0.0649. The molecule has 0 bridgehead atoms. The fourth-order valence-corrected chi connectivity index (χ4v) is 3.29. The zero-order valence-corrected chi connectivity index (χ0v) is 18.3. The summed E-state index contributed by atoms with van der Waals surface area (Å²) in [5, 5.41) is 4.49. The summed E-state index contributed by atoms with van der Waals surface area (Å²) in [5.41, 5.74) is -0.638. The molecule has 0 atom stereocenters. The van der Waals surface area contributed by atoms with Crippen molar-refractivity contribution >= 4 is 23.1 Å². The van der Waals surface area contributed by atoms with E-state index >= 15 is 0 Å². The van der Waals surface area contributed by atoms with Crippen LogP contribution in [0.5, 0.6) is 5.75 Å². The van der Waals surface area contributed by atoms with Gasteiger partial charge in [-0.15, -0.1) is 0 Å². The highest BCUT2D eigenvalue weighted by atomic mass is 19.4. The van der Waals surface area contributed by atoms with E-state index < -0.39 is 23.3 Å². The van der Waals surface area contributed by atoms with E-state index in [1.54, 1.807) is 48.5 Å². The van der Waals surface area contributed by atoms with Gasteiger partial charge < -0.3 is 9.47 Å². The van der Waals surface area contributed by atoms with Gasteiger partial charge in [0.05, 0.1) is 29.8 Å². The van der Waals surface area contributed by atoms with Crippen molar-refractivity contribution in [1.82, 2.24) is 9.66 Å². The van der Waals surface area contributed by atoms with Crippen molar-refractivity contribution in [3.63, 3.8) is 0 Å². The van der Waals surface area contributed by atoms with Crippen molar-refractivity contribution in [3.05, 3.63) is 94.3 Å². The predicted octanol–water partition coefficient (Wildman–Crippen LogP) is 4.52. The maximum atomic E-state index is 13.3. The molecule has 0 saturated carbocycles. The minimum Gasteiger partial charge on any atom is -0.481 e. The number of hydrogen-bond donors (Lipinski definition) is 0. The van der Waals surface area contributed by atoms with Gasteiger partial charge in [-0.25, -0.2) is 9.78 Å². The van der Waals surface area contributed by atoms with Crippen LogP contribution in [0.4, 0.5) is 13.2 Å². The Labute approximate surface area is 197 Å². The summed E-state index contributed by atoms with van der Waals surface area (Å²) in [6.07, 6.45) is -3.27. The van der Waals surface area contributed by atoms with Gasteiger partial charge >= 0.3 is 12.1 Å². The Balaban J connectivity index is 1.85. The number of halogens is 3. The fraction of sp³-hybridized carbons (Fsp3) is 0.120. The molecule has 4 rings (SSSR count). The van der Waals surface area contributed by atoms with E-state index in [1.807, 2.05) is 0 Å². The number of nitrogens with zero attached hydrogens (tertiary/aromatic N) is 3. The van der Waals surface area contributed by atoms with E-state index in [9.17, 15) is 22.8 Å². The molecule has 0 fully saturated rings. The molecule has 0 spiro atoms. The molecule has 0 unspecified atom stereocenters. The molecule has 0 saturated heterocycles. The lowest BCUT2D eigenvalue weighted by Crippen LogP contribution is -2.20. The molecule has 3 aromatic carbocycles. The average Bonchev–Trinajstić information content (AvgIpc) is 2.86. The Bertz CT molecular complexity index is 1480. The van der Waals surface area contributed by atoms with E-state index in [1.165, 1.54) is 25.5 Å². The highest BCUT2D eigenvalue weighted by Gasteiger charge is 2.31. The summed E-state index contributed by atoms with van der Waals surface area (Å²) in [5.74, 6) is -0.355. The third-order valence-corrected chi connectivity index (χ3v) is 5.01. The van der Waals surface area contributed by atoms with Gasteiger partial charge in [-0.1, -0.05) is 36.4 Å². The summed E-state index contributed by atoms with van der Waals surface area (Å²) in [6, 6.07) is 17.6. The summed E-state index contributed by atoms with van der Waals surface area (Å²) in [6.45, 7) is -0.339. The van der Waals surface area contributed by atoms with Gasteiger partial charge in [-0.05, 0) is 36.4 Å². The topological polar surface area (TPSA) is 82.8 Å². The average molecular weight is 481 g/mol. The zero-order valence-electron chi connectivity index (χ0n) is 18.3. The number of hydrogen-bond acceptors (Lipinski definition) is 6. The molecule has 35 heavy (non-hydrogen) atoms. The number of esters is 1. The predicted molar refractivity (Wildman–Crippen MR) is 123 cm³/mol. The van der Waals surface area contributed by atoms with Crippen LogP contribution in [-0.2, 0) is 15.7 Å². The fourth-order valence-electron chi connectivity index (χ4n) is 3.29. The summed E-state index contributed by atoms with van der Waals surface area (Å²) < 4.78 is 50.9. The lowest BCUT2D eigenvalue weighted by molar-refractivity contribution is -0.143. The maximum Gasteiger partial charge on any atom is 0.416 e. The van der Waals surface area contributed by atoms with Gasteiger partial charge in [0, 0.05) is 11.1 Å². The first kappa shape index (κ1) is 23.7. The molecule has 178 valence electrons. The molecular formula is C25H18F3N3O4. The Kier molecular flexibility index (Phi) is 6.63. The second-order valence-corrected chi connectivity index (χ2v) is 7.30. The molecule has 0 aliphatic rings. The van der Waals surface area contributed by atoms with Gasteiger partial charge in [-0.3, -0.25) is 4.79 Å². The van der Waals surface area contributed by atoms with Crippen LogP contribution in [0, 0.1) is 0 Å². The molecule has 0 aliphatic carbocycles. The number of carbonyl (C=O) groups is 1. The summed E-state index contributed by atoms with van der Waals surface area (Å²) in [7, 11) is 1.23. The standard InChI is InChI=1S/C25H18F3N3O4/c1-34-22(32)15-35-21-12-5-2-7-17(21)14-29-31-23(16-8-6-9-18(13-16)25(26,27)28)30-20-11-4-3-10-19(20)24(31)33/h2-14H,15H2,1H3. The molecule has 0 aliphatic heterocycles. The maximum absolute atomic E-state index is 13.3. The van der Waals surface area contributed by atoms with Crippen molar-refractivity contribution in [2.45, 2.75) is 6.18 Å². The number of rotatable bonds is 6. The Hall–Kier alpha value is -4.47. The van der Waals surface area contributed by atoms with Crippen LogP contribution in [0.15, 0.2) is 82.7 Å². The number of carbonyl (C=O) groups excluding carboxylic acids is 1. The van der Waals surface area contributed by atoms with E-state index in [0.717, 1.165) is 16.8 Å². The number of alkyl halides is 3. The first-order valence-corrected chi connectivity index (χ1v) is 10.3. The second-order valence-electron chi connectivity index (χ2n) is 7.30. The van der Waals surface area contributed by atoms with Crippen LogP contribution in [-0.4, -0.2) is 35.6 Å². The van der Waals surface area contributed by atoms with Crippen LogP contribution >= 0.6 is 0 Å². The molecule has 0 amide bonds. The summed E-state index contributed by atoms with van der Waals surface area (Å²) >= 11 is 0. The molecular weight excluding hydrogens is 463 g/mol. The van der Waals surface area contributed by atoms with E-state index in [4.69, 9.17) is 4.74 Å². The normalized spacial score (nSPS) is 11.7. The number of methoxy groups -OCH3 is 1. The van der Waals surface area contributed by atoms with Crippen molar-refractivity contribution in [2.24, 2.45) is 5.10 Å². The molecule has 4 aromatic rings. The van der Waals surface area contributed by atoms with Gasteiger partial charge in [0.15, 0.2) is 12.4 Å². The van der Waals surface area contributed by atoms with E-state index in [-0.39, 0.29) is 23.4 Å². The van der Waals surface area contributed by atoms with Crippen LogP contribution in [0.25, 0.3) is 22.3 Å². The van der Waals surface area contributed by atoms with Crippen molar-refractivity contribution in [2.75, 3.05) is 13.7 Å². The quantitative estimate of drug-likeness (QED) is 0.299. The van der Waals surface area contributed by atoms with Crippen molar-refractivity contribution < 1.29 is 27.4 Å². The van der Waals surface area contributed by atoms with Crippen LogP contribution in [0.2, 0.25) is 0 Å². The van der Waals surface area contributed by atoms with Gasteiger partial charge in [0.1, 0.15) is 5.75 Å². The summed E-state index contributed by atoms with van der Waals surface area (Å²) in [4.78, 5) is 29.1. The first-order chi connectivity index (χ1) is 16.8. The Morgan fingerprint density at radius 1 is 1.06 bits per heavy atom. The number of benzene rings is 3. The van der Waals surface area contributed by atoms with E-state index in [0.29, 0.717) is 16.8 Å². The van der Waals surface area contributed by atoms with Crippen molar-refractivity contribution in [1.29, 1.82) is 0 Å². The molecule has 0 N–H and O–H groups in total. The first-order valence-electron chi connectivity index (χ1n) is 10.3. The smallest absolute Gasteiger partial charge is 0.416 e. The van der Waals surface area contributed by atoms with Crippen LogP contribution < -0.4 is 10.3 Å². The molecule has 7 nitrogen and oxygen atoms in total. The lowest BCUT2D eigenvalue weighted by atomic mass is 10.1. The number of para-hydroxylation sites is 2. The van der Waals surface area contributed by atoms with Gasteiger partial charge in [0.25, 0.3) is 5.56 Å². The molecule has 10 heteroatoms. The number of ether oxygens (including phenoxy) is 2. The van der Waals surface area contributed by atoms with Crippen LogP contribution in [0.3, 0.4) is 0 Å². The van der Waals surface area contributed by atoms with Crippen LogP contribution in [0.1, 0.15) is 11.1 Å². The van der Waals surface area contributed by atoms with Gasteiger partial charge in [0.2, 0.25) is 0 Å². The van der Waals surface area contributed by atoms with Gasteiger partial charge in [-0.2, -0.15) is 22.9 Å². The monoisotopic (exact) mass is 481 g/mol. The lowest BCUT2D eigenvalue weighted by Gasteiger charge is -2.12. The number of fused-ring (bicyclic) bond motifs is 1. The zero-order chi connectivity index (χ0) is 25.0. The van der Waals surface area contributed by atoms with E-state index in [2.05, 4.69) is 14.8 Å². The highest BCUT2D eigenvalue weighted by Crippen LogP contribution is 2.32. The highest BCUT2D eigenvalue weighted by molar-refractivity contribution is 5.84. The Morgan fingerprint density at radius 3 is 2.57 bits per heavy atom. The SMILES string of the molecule is COC(=O)COc1ccccc1C=Nn1c(-c2cccc(C(F)(F)F)c2)nc2ccccc2c1=O. The third-order valence-electron chi connectivity index (χ3n) is 5.01.